The lowest BCUT2D eigenvalue weighted by molar-refractivity contribution is -0.149. The fourth-order valence-corrected chi connectivity index (χ4v) is 8.40. The second kappa shape index (κ2) is 44.0. The predicted molar refractivity (Wildman–Crippen MR) is 255 cm³/mol. The fourth-order valence-electron chi connectivity index (χ4n) is 8.40. The van der Waals surface area contributed by atoms with Crippen LogP contribution in [0.1, 0.15) is 266 Å². The van der Waals surface area contributed by atoms with Gasteiger partial charge in [-0.15, -0.1) is 0 Å². The van der Waals surface area contributed by atoms with Gasteiger partial charge >= 0.3 is 17.9 Å². The van der Waals surface area contributed by atoms with Crippen LogP contribution in [0.3, 0.4) is 0 Å². The molecule has 0 amide bonds. The molecule has 0 aromatic carbocycles. The van der Waals surface area contributed by atoms with Crippen molar-refractivity contribution in [2.75, 3.05) is 33.4 Å². The number of carbonyl (C=O) groups excluding carboxylic acids is 3. The summed E-state index contributed by atoms with van der Waals surface area (Å²) in [4.78, 5) is 40.3. The van der Waals surface area contributed by atoms with Crippen LogP contribution < -0.4 is 0 Å². The van der Waals surface area contributed by atoms with Crippen molar-refractivity contribution in [1.82, 2.24) is 4.90 Å². The van der Waals surface area contributed by atoms with Crippen LogP contribution in [-0.2, 0) is 28.6 Å². The summed E-state index contributed by atoms with van der Waals surface area (Å²) in [5.41, 5.74) is 0. The van der Waals surface area contributed by atoms with E-state index < -0.39 is 0 Å². The molecular weight excluding hydrogens is 747 g/mol. The van der Waals surface area contributed by atoms with Crippen molar-refractivity contribution >= 4 is 17.9 Å². The maximum atomic E-state index is 13.2. The summed E-state index contributed by atoms with van der Waals surface area (Å²) in [6, 6.07) is 0.488. The summed E-state index contributed by atoms with van der Waals surface area (Å²) >= 11 is 0. The standard InChI is InChI=1S/C53H103NO6/c1-8-12-24-33-48(34-25-13-9-2)41-45-58-51(55)39-30-22-18-16-20-28-37-50(53(57)60-44-32-43-54(7)47(5)6)38-29-21-17-19-23-31-40-52(56)59-46-42-49(35-26-14-10-3)36-27-15-11-4/h47-50H,8-46H2,1-7H3. The van der Waals surface area contributed by atoms with Crippen LogP contribution >= 0.6 is 0 Å². The summed E-state index contributed by atoms with van der Waals surface area (Å²) in [5, 5.41) is 0. The number of hydrogen-bond donors (Lipinski definition) is 0. The first-order valence-corrected chi connectivity index (χ1v) is 26.4. The molecule has 7 nitrogen and oxygen atoms in total. The van der Waals surface area contributed by atoms with Crippen LogP contribution in [0, 0.1) is 17.8 Å². The Hall–Kier alpha value is -1.63. The maximum Gasteiger partial charge on any atom is 0.308 e. The maximum absolute atomic E-state index is 13.2. The molecule has 356 valence electrons. The minimum atomic E-state index is -0.0298. The lowest BCUT2D eigenvalue weighted by Crippen LogP contribution is -2.28. The van der Waals surface area contributed by atoms with Crippen molar-refractivity contribution in [2.24, 2.45) is 17.8 Å². The number of esters is 3. The van der Waals surface area contributed by atoms with Crippen molar-refractivity contribution < 1.29 is 28.6 Å². The zero-order valence-corrected chi connectivity index (χ0v) is 41.3. The van der Waals surface area contributed by atoms with Crippen LogP contribution in [0.2, 0.25) is 0 Å². The van der Waals surface area contributed by atoms with Gasteiger partial charge in [0.05, 0.1) is 25.7 Å². The molecule has 0 aromatic heterocycles. The molecule has 7 heteroatoms. The second-order valence-corrected chi connectivity index (χ2v) is 18.8. The largest absolute Gasteiger partial charge is 0.466 e. The highest BCUT2D eigenvalue weighted by Crippen LogP contribution is 2.24. The zero-order chi connectivity index (χ0) is 44.3. The number of nitrogens with zero attached hydrogens (tertiary/aromatic N) is 1. The Bertz CT molecular complexity index is 878. The first kappa shape index (κ1) is 58.4. The molecule has 0 bridgehead atoms. The molecule has 0 aliphatic rings. The SMILES string of the molecule is CCCCCC(CCCCC)CCOC(=O)CCCCCCCCC(CCCCCCCCC(=O)OCCC(CCCCC)CCCCC)C(=O)OCCCN(C)C(C)C. The van der Waals surface area contributed by atoms with Gasteiger partial charge in [0.25, 0.3) is 0 Å². The van der Waals surface area contributed by atoms with Gasteiger partial charge in [0, 0.05) is 25.4 Å². The van der Waals surface area contributed by atoms with Gasteiger partial charge in [-0.25, -0.2) is 0 Å². The summed E-state index contributed by atoms with van der Waals surface area (Å²) in [5.74, 6) is 1.30. The Kier molecular flexibility index (Phi) is 42.8. The number of unbranched alkanes of at least 4 members (excludes halogenated alkanes) is 18. The highest BCUT2D eigenvalue weighted by Gasteiger charge is 2.20. The summed E-state index contributed by atoms with van der Waals surface area (Å²) in [6.07, 6.45) is 39.0. The third kappa shape index (κ3) is 38.1. The number of rotatable bonds is 46. The predicted octanol–water partition coefficient (Wildman–Crippen LogP) is 15.5. The molecule has 60 heavy (non-hydrogen) atoms. The molecule has 0 rings (SSSR count). The smallest absolute Gasteiger partial charge is 0.308 e. The van der Waals surface area contributed by atoms with Gasteiger partial charge in [-0.2, -0.15) is 0 Å². The molecule has 0 atom stereocenters. The molecule has 0 saturated carbocycles. The molecule has 0 unspecified atom stereocenters. The number of hydrogen-bond acceptors (Lipinski definition) is 7. The first-order valence-electron chi connectivity index (χ1n) is 26.4. The molecule has 0 fully saturated rings. The normalized spacial score (nSPS) is 11.8. The van der Waals surface area contributed by atoms with Crippen molar-refractivity contribution in [3.05, 3.63) is 0 Å². The third-order valence-electron chi connectivity index (χ3n) is 12.9. The van der Waals surface area contributed by atoms with E-state index in [1.54, 1.807) is 0 Å². The van der Waals surface area contributed by atoms with Crippen molar-refractivity contribution in [1.29, 1.82) is 0 Å². The van der Waals surface area contributed by atoms with Gasteiger partial charge in [0.1, 0.15) is 0 Å². The average Bonchev–Trinajstić information content (AvgIpc) is 3.23. The zero-order valence-electron chi connectivity index (χ0n) is 41.3. The van der Waals surface area contributed by atoms with E-state index in [0.29, 0.717) is 50.5 Å². The lowest BCUT2D eigenvalue weighted by atomic mass is 9.92. The minimum Gasteiger partial charge on any atom is -0.466 e. The van der Waals surface area contributed by atoms with E-state index >= 15 is 0 Å². The fraction of sp³-hybridized carbons (Fsp3) is 0.943. The highest BCUT2D eigenvalue weighted by atomic mass is 16.5. The van der Waals surface area contributed by atoms with Crippen LogP contribution in [0.25, 0.3) is 0 Å². The van der Waals surface area contributed by atoms with Crippen LogP contribution in [-0.4, -0.2) is 62.3 Å². The molecule has 0 radical (unpaired) electrons. The molecule has 0 aromatic rings. The van der Waals surface area contributed by atoms with Crippen LogP contribution in [0.5, 0.6) is 0 Å². The summed E-state index contributed by atoms with van der Waals surface area (Å²) in [7, 11) is 2.12. The van der Waals surface area contributed by atoms with Crippen molar-refractivity contribution in [3.8, 4) is 0 Å². The van der Waals surface area contributed by atoms with Gasteiger partial charge in [-0.05, 0) is 77.7 Å². The lowest BCUT2D eigenvalue weighted by Gasteiger charge is -2.21. The molecule has 0 saturated heterocycles. The molecule has 0 aliphatic carbocycles. The van der Waals surface area contributed by atoms with E-state index in [1.165, 1.54) is 103 Å². The molecular formula is C53H103NO6. The van der Waals surface area contributed by atoms with Gasteiger partial charge in [-0.1, -0.05) is 195 Å². The summed E-state index contributed by atoms with van der Waals surface area (Å²) in [6.45, 7) is 16.0. The van der Waals surface area contributed by atoms with Crippen LogP contribution in [0.4, 0.5) is 0 Å². The molecule has 0 aliphatic heterocycles. The second-order valence-electron chi connectivity index (χ2n) is 18.8. The van der Waals surface area contributed by atoms with E-state index in [1.807, 2.05) is 0 Å². The molecule has 0 heterocycles. The Morgan fingerprint density at radius 3 is 1.12 bits per heavy atom. The van der Waals surface area contributed by atoms with Crippen molar-refractivity contribution in [2.45, 2.75) is 272 Å². The minimum absolute atomic E-state index is 0.0132. The van der Waals surface area contributed by atoms with Crippen LogP contribution in [0.15, 0.2) is 0 Å². The summed E-state index contributed by atoms with van der Waals surface area (Å²) < 4.78 is 17.1. The van der Waals surface area contributed by atoms with Crippen molar-refractivity contribution in [3.63, 3.8) is 0 Å². The van der Waals surface area contributed by atoms with E-state index in [0.717, 1.165) is 116 Å². The molecule has 0 N–H and O–H groups in total. The monoisotopic (exact) mass is 850 g/mol. The Labute approximate surface area is 373 Å². The first-order chi connectivity index (χ1) is 29.2. The van der Waals surface area contributed by atoms with E-state index in [2.05, 4.69) is 53.5 Å². The van der Waals surface area contributed by atoms with Gasteiger partial charge in [0.2, 0.25) is 0 Å². The quantitative estimate of drug-likeness (QED) is 0.0343. The Morgan fingerprint density at radius 2 is 0.750 bits per heavy atom. The van der Waals surface area contributed by atoms with Gasteiger partial charge in [0.15, 0.2) is 0 Å². The van der Waals surface area contributed by atoms with E-state index in [-0.39, 0.29) is 23.8 Å². The highest BCUT2D eigenvalue weighted by molar-refractivity contribution is 5.72. The topological polar surface area (TPSA) is 82.1 Å². The molecule has 0 spiro atoms. The van der Waals surface area contributed by atoms with Gasteiger partial charge < -0.3 is 19.1 Å². The van der Waals surface area contributed by atoms with Gasteiger partial charge in [-0.3, -0.25) is 14.4 Å². The third-order valence-corrected chi connectivity index (χ3v) is 12.9. The Morgan fingerprint density at radius 1 is 0.400 bits per heavy atom. The number of carbonyl (C=O) groups is 3. The number of ether oxygens (including phenoxy) is 3. The Balaban J connectivity index is 4.40. The van der Waals surface area contributed by atoms with E-state index in [4.69, 9.17) is 14.2 Å². The average molecular weight is 850 g/mol. The van der Waals surface area contributed by atoms with E-state index in [9.17, 15) is 14.4 Å².